The van der Waals surface area contributed by atoms with E-state index in [0.29, 0.717) is 35.2 Å². The van der Waals surface area contributed by atoms with Gasteiger partial charge in [0.2, 0.25) is 0 Å². The fraction of sp³-hybridized carbons (Fsp3) is 0.781. The lowest BCUT2D eigenvalue weighted by atomic mass is 9.47. The molecule has 6 saturated carbocycles. The van der Waals surface area contributed by atoms with Gasteiger partial charge in [-0.25, -0.2) is 0 Å². The van der Waals surface area contributed by atoms with Crippen LogP contribution in [-0.4, -0.2) is 10.9 Å². The van der Waals surface area contributed by atoms with Gasteiger partial charge in [0, 0.05) is 23.0 Å². The highest BCUT2D eigenvalue weighted by atomic mass is 16.3. The third kappa shape index (κ3) is 2.83. The Kier molecular flexibility index (Phi) is 4.75. The van der Waals surface area contributed by atoms with E-state index >= 15 is 0 Å². The van der Waals surface area contributed by atoms with Gasteiger partial charge in [-0.3, -0.25) is 4.79 Å². The summed E-state index contributed by atoms with van der Waals surface area (Å²) in [5.74, 6) is 6.17. The number of carbonyl (C=O) groups excluding carboxylic acids is 1. The first kappa shape index (κ1) is 21.9. The second-order valence-electron chi connectivity index (χ2n) is 14.1. The molecule has 34 heavy (non-hydrogen) atoms. The fourth-order valence-corrected chi connectivity index (χ4v) is 11.1. The Hall–Kier alpha value is -1.31. The van der Waals surface area contributed by atoms with E-state index in [9.17, 15) is 9.90 Å². The van der Waals surface area contributed by atoms with Crippen LogP contribution >= 0.6 is 0 Å². The molecule has 184 valence electrons. The fourth-order valence-electron chi connectivity index (χ4n) is 11.1. The van der Waals surface area contributed by atoms with Crippen molar-refractivity contribution in [2.75, 3.05) is 0 Å². The van der Waals surface area contributed by atoms with Gasteiger partial charge in [0.05, 0.1) is 0 Å². The van der Waals surface area contributed by atoms with Crippen LogP contribution in [0.5, 0.6) is 5.75 Å². The molecule has 0 aromatic heterocycles. The van der Waals surface area contributed by atoms with Crippen LogP contribution in [0, 0.1) is 35.0 Å². The maximum atomic E-state index is 12.9. The maximum absolute atomic E-state index is 12.9. The van der Waals surface area contributed by atoms with E-state index < -0.39 is 0 Å². The molecule has 0 aliphatic heterocycles. The number of carbonyl (C=O) groups is 1. The molecule has 0 amide bonds. The maximum Gasteiger partial charge on any atom is 0.139 e. The van der Waals surface area contributed by atoms with Gasteiger partial charge in [-0.15, -0.1) is 0 Å². The van der Waals surface area contributed by atoms with Crippen molar-refractivity contribution in [3.63, 3.8) is 0 Å². The number of phenols is 1. The van der Waals surface area contributed by atoms with Gasteiger partial charge in [0.15, 0.2) is 0 Å². The minimum Gasteiger partial charge on any atom is -0.507 e. The van der Waals surface area contributed by atoms with Crippen LogP contribution in [-0.2, 0) is 16.6 Å². The molecule has 6 fully saturated rings. The smallest absolute Gasteiger partial charge is 0.139 e. The van der Waals surface area contributed by atoms with Gasteiger partial charge in [-0.05, 0) is 135 Å². The Morgan fingerprint density at radius 2 is 1.71 bits per heavy atom. The van der Waals surface area contributed by atoms with E-state index in [4.69, 9.17) is 0 Å². The summed E-state index contributed by atoms with van der Waals surface area (Å²) in [7, 11) is 0. The summed E-state index contributed by atoms with van der Waals surface area (Å²) in [6.45, 7) is 6.93. The Morgan fingerprint density at radius 1 is 1.03 bits per heavy atom. The first-order chi connectivity index (χ1) is 16.3. The van der Waals surface area contributed by atoms with E-state index in [1.54, 1.807) is 5.56 Å². The lowest BCUT2D eigenvalue weighted by Gasteiger charge is -2.57. The minimum absolute atomic E-state index is 0.0577. The Bertz CT molecular complexity index is 1000. The molecular formula is C32H44O2. The molecule has 0 spiro atoms. The van der Waals surface area contributed by atoms with E-state index in [1.165, 1.54) is 68.1 Å². The first-order valence-corrected chi connectivity index (χ1v) is 14.8. The van der Waals surface area contributed by atoms with Gasteiger partial charge in [-0.2, -0.15) is 0 Å². The first-order valence-electron chi connectivity index (χ1n) is 14.8. The van der Waals surface area contributed by atoms with Crippen LogP contribution in [0.3, 0.4) is 0 Å². The molecule has 8 rings (SSSR count). The van der Waals surface area contributed by atoms with Crippen molar-refractivity contribution in [2.45, 2.75) is 121 Å². The Labute approximate surface area is 206 Å². The van der Waals surface area contributed by atoms with Crippen LogP contribution in [0.25, 0.3) is 0 Å². The summed E-state index contributed by atoms with van der Waals surface area (Å²) >= 11 is 0. The van der Waals surface area contributed by atoms with E-state index in [0.717, 1.165) is 49.9 Å². The van der Waals surface area contributed by atoms with Gasteiger partial charge >= 0.3 is 0 Å². The molecule has 1 N–H and O–H groups in total. The normalized spacial score (nSPS) is 45.1. The molecule has 5 atom stereocenters. The topological polar surface area (TPSA) is 37.3 Å². The monoisotopic (exact) mass is 460 g/mol. The molecule has 0 radical (unpaired) electrons. The molecule has 7 aliphatic carbocycles. The van der Waals surface area contributed by atoms with Crippen LogP contribution in [0.2, 0.25) is 0 Å². The van der Waals surface area contributed by atoms with E-state index in [2.05, 4.69) is 26.8 Å². The van der Waals surface area contributed by atoms with Crippen molar-refractivity contribution in [1.82, 2.24) is 0 Å². The predicted octanol–water partition coefficient (Wildman–Crippen LogP) is 7.80. The lowest BCUT2D eigenvalue weighted by Crippen LogP contribution is -2.49. The van der Waals surface area contributed by atoms with Crippen LogP contribution in [0.15, 0.2) is 6.07 Å². The number of fused-ring (bicyclic) bond motifs is 5. The summed E-state index contributed by atoms with van der Waals surface area (Å²) in [4.78, 5) is 12.9. The third-order valence-electron chi connectivity index (χ3n) is 12.5. The van der Waals surface area contributed by atoms with Crippen LogP contribution < -0.4 is 0 Å². The number of Topliss-reactive ketones (excluding diaryl/α,β-unsaturated/α-hetero) is 1. The van der Waals surface area contributed by atoms with Crippen molar-refractivity contribution < 1.29 is 9.90 Å². The number of hydrogen-bond donors (Lipinski definition) is 1. The molecule has 1 aromatic carbocycles. The predicted molar refractivity (Wildman–Crippen MR) is 136 cm³/mol. The van der Waals surface area contributed by atoms with Gasteiger partial charge < -0.3 is 5.11 Å². The number of aromatic hydroxyl groups is 1. The van der Waals surface area contributed by atoms with Crippen molar-refractivity contribution in [1.29, 1.82) is 0 Å². The number of ketones is 1. The average Bonchev–Trinajstić information content (AvgIpc) is 3.11. The minimum atomic E-state index is -0.0577. The zero-order valence-electron chi connectivity index (χ0n) is 21.7. The highest BCUT2D eigenvalue weighted by Crippen LogP contribution is 2.65. The average molecular weight is 461 g/mol. The molecule has 4 bridgehead atoms. The van der Waals surface area contributed by atoms with Crippen molar-refractivity contribution in [3.05, 3.63) is 28.3 Å². The second kappa shape index (κ2) is 7.36. The third-order valence-corrected chi connectivity index (χ3v) is 12.5. The number of rotatable bonds is 3. The number of hydrogen-bond acceptors (Lipinski definition) is 2. The SMILES string of the molecule is CCC(C)c1c(O)c(C23CC4CC(CC(C4)C2)C3)cc2c1CC[C@@H]1[C@@H]2CC[C@]2(C)C(=O)CC[C@@H]12. The van der Waals surface area contributed by atoms with Gasteiger partial charge in [0.25, 0.3) is 0 Å². The highest BCUT2D eigenvalue weighted by Gasteiger charge is 2.56. The molecular weight excluding hydrogens is 416 g/mol. The largest absolute Gasteiger partial charge is 0.507 e. The van der Waals surface area contributed by atoms with Crippen LogP contribution in [0.1, 0.15) is 132 Å². The molecule has 2 nitrogen and oxygen atoms in total. The van der Waals surface area contributed by atoms with Gasteiger partial charge in [-0.1, -0.05) is 26.8 Å². The Balaban J connectivity index is 1.37. The molecule has 0 heterocycles. The van der Waals surface area contributed by atoms with E-state index in [-0.39, 0.29) is 10.8 Å². The van der Waals surface area contributed by atoms with Crippen molar-refractivity contribution in [3.8, 4) is 5.75 Å². The molecule has 7 aliphatic rings. The zero-order chi connectivity index (χ0) is 23.4. The summed E-state index contributed by atoms with van der Waals surface area (Å²) in [6.07, 6.45) is 15.9. The Morgan fingerprint density at radius 3 is 2.35 bits per heavy atom. The quantitative estimate of drug-likeness (QED) is 0.499. The molecule has 1 unspecified atom stereocenters. The lowest BCUT2D eigenvalue weighted by molar-refractivity contribution is -0.129. The summed E-state index contributed by atoms with van der Waals surface area (Å²) in [5, 5.41) is 12.0. The summed E-state index contributed by atoms with van der Waals surface area (Å²) < 4.78 is 0. The number of phenolic OH excluding ortho intramolecular Hbond substituents is 1. The second-order valence-corrected chi connectivity index (χ2v) is 14.1. The van der Waals surface area contributed by atoms with Crippen LogP contribution in [0.4, 0.5) is 0 Å². The molecule has 0 saturated heterocycles. The van der Waals surface area contributed by atoms with Crippen molar-refractivity contribution in [2.24, 2.45) is 35.0 Å². The number of benzene rings is 1. The molecule has 1 aromatic rings. The highest BCUT2D eigenvalue weighted by molar-refractivity contribution is 5.87. The summed E-state index contributed by atoms with van der Waals surface area (Å²) in [6, 6.07) is 2.57. The van der Waals surface area contributed by atoms with E-state index in [1.807, 2.05) is 0 Å². The van der Waals surface area contributed by atoms with Crippen molar-refractivity contribution >= 4 is 5.78 Å². The summed E-state index contributed by atoms with van der Waals surface area (Å²) in [5.41, 5.74) is 5.97. The zero-order valence-corrected chi connectivity index (χ0v) is 21.7. The molecule has 2 heteroatoms. The standard InChI is InChI=1S/C32H44O2/c1-4-18(2)29-24-6-5-23-22(9-10-31(3)26(23)7-8-28(31)33)25(24)14-27(30(29)34)32-15-19-11-20(16-32)13-21(12-19)17-32/h14,18-23,26,34H,4-13,15-17H2,1-3H3/t18?,19?,20?,21?,22-,23+,26-,31-,32?/m0/s1. The van der Waals surface area contributed by atoms with Gasteiger partial charge in [0.1, 0.15) is 11.5 Å².